The largest absolute Gasteiger partial charge is 0.456 e. The van der Waals surface area contributed by atoms with Gasteiger partial charge in [-0.2, -0.15) is 0 Å². The van der Waals surface area contributed by atoms with Crippen LogP contribution >= 0.6 is 0 Å². The van der Waals surface area contributed by atoms with Gasteiger partial charge in [-0.15, -0.1) is 0 Å². The first kappa shape index (κ1) is 21.2. The molecule has 1 aliphatic heterocycles. The average Bonchev–Trinajstić information content (AvgIpc) is 3.41. The van der Waals surface area contributed by atoms with E-state index in [9.17, 15) is 0 Å². The molecule has 3 heteroatoms. The van der Waals surface area contributed by atoms with Gasteiger partial charge in [0.1, 0.15) is 17.3 Å². The predicted octanol–water partition coefficient (Wildman–Crippen LogP) is 10.1. The van der Waals surface area contributed by atoms with Crippen molar-refractivity contribution < 1.29 is 8.53 Å². The van der Waals surface area contributed by atoms with Gasteiger partial charge in [0, 0.05) is 33.6 Å². The SMILES string of the molecule is [2H]C([2H])([2H])N1c2cc3c(cc2N(c2cc(-c4c(C(C)C)cccc4C(C)C)ccc2C)[C@H]1C)oc1c(C)cccc13. The summed E-state index contributed by atoms with van der Waals surface area (Å²) in [6.07, 6.45) is -0.420. The number of anilines is 3. The standard InChI is InChI=1S/C35H38N2O/c1-20(2)26-12-10-13-27(21(3)4)34(26)25-16-15-22(5)30(17-25)37-24(7)36(8)31-18-29-28-14-9-11-23(6)35(28)38-33(29)19-32(31)37/h9-21,24H,1-8H3/t24-/m0/s1/i8D3. The number of aryl methyl sites for hydroxylation is 2. The van der Waals surface area contributed by atoms with E-state index in [2.05, 4.69) is 75.9 Å². The Bertz CT molecular complexity index is 1770. The van der Waals surface area contributed by atoms with Crippen molar-refractivity contribution in [2.24, 2.45) is 0 Å². The number of nitrogens with zero attached hydrogens (tertiary/aromatic N) is 2. The number of benzene rings is 4. The van der Waals surface area contributed by atoms with Crippen molar-refractivity contribution in [3.63, 3.8) is 0 Å². The van der Waals surface area contributed by atoms with Crippen molar-refractivity contribution in [3.8, 4) is 11.1 Å². The maximum atomic E-state index is 8.50. The highest BCUT2D eigenvalue weighted by molar-refractivity contribution is 6.09. The van der Waals surface area contributed by atoms with E-state index in [4.69, 9.17) is 8.53 Å². The van der Waals surface area contributed by atoms with E-state index in [1.807, 2.05) is 44.2 Å². The minimum Gasteiger partial charge on any atom is -0.456 e. The van der Waals surface area contributed by atoms with Crippen LogP contribution in [0.2, 0.25) is 0 Å². The van der Waals surface area contributed by atoms with Crippen LogP contribution in [0.1, 0.15) is 72.8 Å². The summed E-state index contributed by atoms with van der Waals surface area (Å²) >= 11 is 0. The molecule has 0 amide bonds. The summed E-state index contributed by atoms with van der Waals surface area (Å²) in [5.41, 5.74) is 11.4. The van der Waals surface area contributed by atoms with Gasteiger partial charge in [0.15, 0.2) is 0 Å². The van der Waals surface area contributed by atoms with E-state index >= 15 is 0 Å². The first-order chi connectivity index (χ1) is 19.4. The third kappa shape index (κ3) is 3.63. The van der Waals surface area contributed by atoms with Gasteiger partial charge >= 0.3 is 0 Å². The zero-order valence-electron chi connectivity index (χ0n) is 26.4. The van der Waals surface area contributed by atoms with Crippen molar-refractivity contribution >= 4 is 39.0 Å². The summed E-state index contributed by atoms with van der Waals surface area (Å²) in [4.78, 5) is 3.75. The Balaban J connectivity index is 1.60. The van der Waals surface area contributed by atoms with Crippen molar-refractivity contribution in [2.75, 3.05) is 16.8 Å². The molecule has 0 saturated heterocycles. The van der Waals surface area contributed by atoms with Gasteiger partial charge in [0.05, 0.1) is 11.4 Å². The van der Waals surface area contributed by atoms with Crippen molar-refractivity contribution in [3.05, 3.63) is 89.0 Å². The van der Waals surface area contributed by atoms with E-state index in [1.54, 1.807) is 4.90 Å². The highest BCUT2D eigenvalue weighted by Gasteiger charge is 2.34. The molecule has 3 nitrogen and oxygen atoms in total. The van der Waals surface area contributed by atoms with Crippen LogP contribution < -0.4 is 9.80 Å². The molecule has 38 heavy (non-hydrogen) atoms. The molecule has 0 aliphatic carbocycles. The molecule has 194 valence electrons. The molecule has 4 aromatic carbocycles. The van der Waals surface area contributed by atoms with Gasteiger partial charge < -0.3 is 14.2 Å². The second-order valence-corrected chi connectivity index (χ2v) is 11.4. The third-order valence-electron chi connectivity index (χ3n) is 8.19. The van der Waals surface area contributed by atoms with Gasteiger partial charge in [-0.05, 0) is 78.1 Å². The van der Waals surface area contributed by atoms with Gasteiger partial charge in [0.25, 0.3) is 0 Å². The lowest BCUT2D eigenvalue weighted by atomic mass is 9.84. The normalized spacial score (nSPS) is 17.0. The smallest absolute Gasteiger partial charge is 0.138 e. The van der Waals surface area contributed by atoms with Crippen molar-refractivity contribution in [1.29, 1.82) is 0 Å². The number of rotatable bonds is 4. The van der Waals surface area contributed by atoms with Crippen molar-refractivity contribution in [1.82, 2.24) is 0 Å². The summed E-state index contributed by atoms with van der Waals surface area (Å²) in [5, 5.41) is 1.94. The first-order valence-electron chi connectivity index (χ1n) is 15.2. The maximum absolute atomic E-state index is 8.50. The Labute approximate surface area is 230 Å². The quantitative estimate of drug-likeness (QED) is 0.242. The number of hydrogen-bond acceptors (Lipinski definition) is 3. The molecule has 5 aromatic rings. The van der Waals surface area contributed by atoms with Gasteiger partial charge in [-0.3, -0.25) is 0 Å². The van der Waals surface area contributed by atoms with Crippen LogP contribution in [-0.2, 0) is 0 Å². The summed E-state index contributed by atoms with van der Waals surface area (Å²) in [7, 11) is 0. The first-order valence-corrected chi connectivity index (χ1v) is 13.7. The van der Waals surface area contributed by atoms with Gasteiger partial charge in [-0.1, -0.05) is 76.2 Å². The molecule has 1 atom stereocenters. The molecule has 6 rings (SSSR count). The third-order valence-corrected chi connectivity index (χ3v) is 8.19. The van der Waals surface area contributed by atoms with E-state index in [0.717, 1.165) is 50.0 Å². The molecule has 2 heterocycles. The number of fused-ring (bicyclic) bond motifs is 4. The molecule has 1 aliphatic rings. The molecule has 0 spiro atoms. The highest BCUT2D eigenvalue weighted by atomic mass is 16.3. The lowest BCUT2D eigenvalue weighted by Gasteiger charge is -2.30. The monoisotopic (exact) mass is 505 g/mol. The summed E-state index contributed by atoms with van der Waals surface area (Å²) < 4.78 is 31.9. The van der Waals surface area contributed by atoms with Crippen LogP contribution in [0.3, 0.4) is 0 Å². The summed E-state index contributed by atoms with van der Waals surface area (Å²) in [6, 6.07) is 23.4. The predicted molar refractivity (Wildman–Crippen MR) is 163 cm³/mol. The number of furan rings is 1. The van der Waals surface area contributed by atoms with E-state index in [1.165, 1.54) is 16.7 Å². The van der Waals surface area contributed by atoms with Crippen LogP contribution in [0, 0.1) is 13.8 Å². The second kappa shape index (κ2) is 8.94. The van der Waals surface area contributed by atoms with E-state index < -0.39 is 13.1 Å². The topological polar surface area (TPSA) is 19.6 Å². The highest BCUT2D eigenvalue weighted by Crippen LogP contribution is 2.49. The Morgan fingerprint density at radius 1 is 0.763 bits per heavy atom. The Hall–Kier alpha value is -3.72. The second-order valence-electron chi connectivity index (χ2n) is 11.4. The van der Waals surface area contributed by atoms with Crippen LogP contribution in [-0.4, -0.2) is 13.1 Å². The number of para-hydroxylation sites is 1. The molecular weight excluding hydrogens is 464 g/mol. The summed E-state index contributed by atoms with van der Waals surface area (Å²) in [5.74, 6) is 0.742. The molecule has 0 fully saturated rings. The fourth-order valence-corrected chi connectivity index (χ4v) is 6.11. The Morgan fingerprint density at radius 3 is 2.16 bits per heavy atom. The van der Waals surface area contributed by atoms with E-state index in [0.29, 0.717) is 17.5 Å². The lowest BCUT2D eigenvalue weighted by Crippen LogP contribution is -2.35. The van der Waals surface area contributed by atoms with Crippen LogP contribution in [0.4, 0.5) is 17.1 Å². The molecular formula is C35H38N2O. The fourth-order valence-electron chi connectivity index (χ4n) is 6.11. The van der Waals surface area contributed by atoms with Gasteiger partial charge in [-0.25, -0.2) is 0 Å². The van der Waals surface area contributed by atoms with E-state index in [-0.39, 0.29) is 0 Å². The van der Waals surface area contributed by atoms with Crippen LogP contribution in [0.25, 0.3) is 33.1 Å². The zero-order valence-corrected chi connectivity index (χ0v) is 23.4. The molecule has 1 aromatic heterocycles. The molecule has 0 radical (unpaired) electrons. The average molecular weight is 506 g/mol. The molecule has 0 saturated carbocycles. The Morgan fingerprint density at radius 2 is 1.47 bits per heavy atom. The van der Waals surface area contributed by atoms with Crippen LogP contribution in [0.5, 0.6) is 0 Å². The van der Waals surface area contributed by atoms with Crippen molar-refractivity contribution in [2.45, 2.75) is 66.5 Å². The zero-order chi connectivity index (χ0) is 29.4. The molecule has 0 bridgehead atoms. The lowest BCUT2D eigenvalue weighted by molar-refractivity contribution is 0.665. The molecule has 0 unspecified atom stereocenters. The minimum atomic E-state index is -2.31. The fraction of sp³-hybridized carbons (Fsp3) is 0.314. The maximum Gasteiger partial charge on any atom is 0.138 e. The number of hydrogen-bond donors (Lipinski definition) is 0. The minimum absolute atomic E-state index is 0.371. The summed E-state index contributed by atoms with van der Waals surface area (Å²) in [6.45, 7) is 12.8. The van der Waals surface area contributed by atoms with Gasteiger partial charge in [0.2, 0.25) is 0 Å². The Kier molecular flexibility index (Phi) is 5.00. The van der Waals surface area contributed by atoms with Crippen LogP contribution in [0.15, 0.2) is 71.1 Å². The molecule has 0 N–H and O–H groups in total.